The maximum atomic E-state index is 13.9. The van der Waals surface area contributed by atoms with Gasteiger partial charge in [0.2, 0.25) is 5.91 Å². The molecule has 0 bridgehead atoms. The summed E-state index contributed by atoms with van der Waals surface area (Å²) in [4.78, 5) is 33.3. The molecule has 4 rings (SSSR count). The molecule has 1 saturated heterocycles. The van der Waals surface area contributed by atoms with Crippen LogP contribution in [-0.2, 0) is 11.2 Å². The fraction of sp³-hybridized carbons (Fsp3) is 0.548. The number of carbonyl (C=O) groups excluding carboxylic acids is 2. The Hall–Kier alpha value is -2.61. The van der Waals surface area contributed by atoms with Crippen molar-refractivity contribution in [1.29, 1.82) is 0 Å². The van der Waals surface area contributed by atoms with Gasteiger partial charge in [-0.2, -0.15) is 0 Å². The second-order valence-corrected chi connectivity index (χ2v) is 11.3. The van der Waals surface area contributed by atoms with E-state index in [2.05, 4.69) is 5.32 Å². The number of halogens is 1. The van der Waals surface area contributed by atoms with Crippen LogP contribution in [0.15, 0.2) is 54.6 Å². The van der Waals surface area contributed by atoms with Crippen molar-refractivity contribution in [3.63, 3.8) is 0 Å². The second-order valence-electron chi connectivity index (χ2n) is 10.9. The predicted octanol–water partition coefficient (Wildman–Crippen LogP) is 5.07. The highest BCUT2D eigenvalue weighted by atomic mass is 35.5. The minimum Gasteiger partial charge on any atom is -0.341 e. The van der Waals surface area contributed by atoms with E-state index in [1.165, 1.54) is 0 Å². The Morgan fingerprint density at radius 1 is 0.949 bits per heavy atom. The topological polar surface area (TPSA) is 81.9 Å². The van der Waals surface area contributed by atoms with Gasteiger partial charge in [-0.3, -0.25) is 9.69 Å². The van der Waals surface area contributed by atoms with Gasteiger partial charge in [0.05, 0.1) is 6.04 Å². The van der Waals surface area contributed by atoms with Crippen LogP contribution in [0.25, 0.3) is 0 Å². The minimum absolute atomic E-state index is 0.0359. The number of rotatable bonds is 9. The summed E-state index contributed by atoms with van der Waals surface area (Å²) in [6.07, 6.45) is 6.08. The summed E-state index contributed by atoms with van der Waals surface area (Å²) in [6, 6.07) is 18.0. The number of piperidine rings is 1. The molecule has 2 aromatic rings. The third-order valence-electron chi connectivity index (χ3n) is 8.28. The summed E-state index contributed by atoms with van der Waals surface area (Å²) < 4.78 is 0. The van der Waals surface area contributed by atoms with Crippen LogP contribution >= 0.6 is 11.6 Å². The van der Waals surface area contributed by atoms with E-state index in [0.717, 1.165) is 49.8 Å². The molecular weight excluding hydrogens is 510 g/mol. The van der Waals surface area contributed by atoms with Crippen LogP contribution in [0.2, 0.25) is 5.02 Å². The van der Waals surface area contributed by atoms with Gasteiger partial charge in [0, 0.05) is 55.0 Å². The van der Waals surface area contributed by atoms with E-state index in [1.54, 1.807) is 0 Å². The van der Waals surface area contributed by atoms with Gasteiger partial charge in [-0.05, 0) is 88.6 Å². The minimum atomic E-state index is -0.301. The number of para-hydroxylation sites is 1. The summed E-state index contributed by atoms with van der Waals surface area (Å²) in [5.74, 6) is 0.139. The van der Waals surface area contributed by atoms with Crippen LogP contribution < -0.4 is 16.0 Å². The molecule has 0 unspecified atom stereocenters. The first-order chi connectivity index (χ1) is 18.9. The lowest BCUT2D eigenvalue weighted by atomic mass is 9.90. The summed E-state index contributed by atoms with van der Waals surface area (Å²) in [7, 11) is 0. The maximum absolute atomic E-state index is 13.9. The first-order valence-electron chi connectivity index (χ1n) is 14.6. The Kier molecular flexibility index (Phi) is 10.7. The average molecular weight is 554 g/mol. The Morgan fingerprint density at radius 2 is 1.56 bits per heavy atom. The van der Waals surface area contributed by atoms with Gasteiger partial charge in [-0.25, -0.2) is 4.79 Å². The molecule has 39 heavy (non-hydrogen) atoms. The lowest BCUT2D eigenvalue weighted by Crippen LogP contribution is -2.56. The van der Waals surface area contributed by atoms with Crippen molar-refractivity contribution in [2.75, 3.05) is 31.1 Å². The summed E-state index contributed by atoms with van der Waals surface area (Å²) >= 11 is 6.11. The fourth-order valence-corrected chi connectivity index (χ4v) is 6.05. The van der Waals surface area contributed by atoms with Crippen LogP contribution in [0.5, 0.6) is 0 Å². The molecule has 1 aliphatic carbocycles. The molecule has 0 aromatic heterocycles. The smallest absolute Gasteiger partial charge is 0.324 e. The predicted molar refractivity (Wildman–Crippen MR) is 159 cm³/mol. The van der Waals surface area contributed by atoms with E-state index in [-0.39, 0.29) is 30.1 Å². The number of nitrogens with zero attached hydrogens (tertiary/aromatic N) is 3. The second kappa shape index (κ2) is 14.1. The molecule has 1 saturated carbocycles. The SMILES string of the molecule is CCN(CC)C(=O)N(c1ccccc1)C1CCN(C(=O)[C@@H](Cc2ccc(Cl)cc2)NC2CCC(N)CC2)CC1. The monoisotopic (exact) mass is 553 g/mol. The van der Waals surface area contributed by atoms with Gasteiger partial charge in [0.1, 0.15) is 0 Å². The number of anilines is 1. The van der Waals surface area contributed by atoms with Crippen molar-refractivity contribution in [3.8, 4) is 0 Å². The Bertz CT molecular complexity index is 1050. The van der Waals surface area contributed by atoms with Gasteiger partial charge in [0.15, 0.2) is 0 Å². The van der Waals surface area contributed by atoms with Gasteiger partial charge < -0.3 is 20.9 Å². The zero-order chi connectivity index (χ0) is 27.8. The molecule has 0 radical (unpaired) electrons. The largest absolute Gasteiger partial charge is 0.341 e. The Labute approximate surface area is 238 Å². The average Bonchev–Trinajstić information content (AvgIpc) is 2.96. The molecule has 8 heteroatoms. The third kappa shape index (κ3) is 7.74. The molecule has 2 aromatic carbocycles. The number of amides is 3. The number of hydrogen-bond acceptors (Lipinski definition) is 4. The molecule has 212 valence electrons. The van der Waals surface area contributed by atoms with E-state index in [0.29, 0.717) is 43.7 Å². The highest BCUT2D eigenvalue weighted by Gasteiger charge is 2.35. The fourth-order valence-electron chi connectivity index (χ4n) is 5.92. The van der Waals surface area contributed by atoms with Crippen molar-refractivity contribution < 1.29 is 9.59 Å². The number of hydrogen-bond donors (Lipinski definition) is 2. The van der Waals surface area contributed by atoms with Crippen LogP contribution in [0.1, 0.15) is 57.9 Å². The molecule has 7 nitrogen and oxygen atoms in total. The van der Waals surface area contributed by atoms with E-state index in [9.17, 15) is 9.59 Å². The van der Waals surface area contributed by atoms with Gasteiger partial charge in [-0.15, -0.1) is 0 Å². The number of benzene rings is 2. The first kappa shape index (κ1) is 29.4. The van der Waals surface area contributed by atoms with Crippen LogP contribution in [-0.4, -0.2) is 72.1 Å². The Balaban J connectivity index is 1.46. The van der Waals surface area contributed by atoms with E-state index >= 15 is 0 Å². The molecule has 1 atom stereocenters. The number of carbonyl (C=O) groups is 2. The number of urea groups is 1. The van der Waals surface area contributed by atoms with Crippen molar-refractivity contribution in [2.45, 2.75) is 83.0 Å². The molecule has 0 spiro atoms. The van der Waals surface area contributed by atoms with Crippen LogP contribution in [0.3, 0.4) is 0 Å². The zero-order valence-electron chi connectivity index (χ0n) is 23.4. The lowest BCUT2D eigenvalue weighted by Gasteiger charge is -2.41. The maximum Gasteiger partial charge on any atom is 0.324 e. The number of nitrogens with one attached hydrogen (secondary N) is 1. The lowest BCUT2D eigenvalue weighted by molar-refractivity contribution is -0.134. The summed E-state index contributed by atoms with van der Waals surface area (Å²) in [5, 5.41) is 4.39. The van der Waals surface area contributed by atoms with Gasteiger partial charge in [0.25, 0.3) is 0 Å². The molecular formula is C31H44ClN5O2. The molecule has 1 heterocycles. The highest BCUT2D eigenvalue weighted by Crippen LogP contribution is 2.26. The van der Waals surface area contributed by atoms with Crippen LogP contribution in [0.4, 0.5) is 10.5 Å². The van der Waals surface area contributed by atoms with Crippen LogP contribution in [0, 0.1) is 0 Å². The number of likely N-dealkylation sites (tertiary alicyclic amines) is 1. The Morgan fingerprint density at radius 3 is 2.15 bits per heavy atom. The highest BCUT2D eigenvalue weighted by molar-refractivity contribution is 6.30. The van der Waals surface area contributed by atoms with Gasteiger partial charge in [-0.1, -0.05) is 41.9 Å². The quantitative estimate of drug-likeness (QED) is 0.454. The summed E-state index contributed by atoms with van der Waals surface area (Å²) in [6.45, 7) is 6.62. The number of nitrogens with two attached hydrogens (primary N) is 1. The molecule has 3 N–H and O–H groups in total. The first-order valence-corrected chi connectivity index (χ1v) is 14.9. The molecule has 3 amide bonds. The zero-order valence-corrected chi connectivity index (χ0v) is 24.2. The van der Waals surface area contributed by atoms with Crippen molar-refractivity contribution >= 4 is 29.2 Å². The van der Waals surface area contributed by atoms with Gasteiger partial charge >= 0.3 is 6.03 Å². The third-order valence-corrected chi connectivity index (χ3v) is 8.53. The van der Waals surface area contributed by atoms with Crippen molar-refractivity contribution in [3.05, 3.63) is 65.2 Å². The molecule has 2 fully saturated rings. The van der Waals surface area contributed by atoms with Crippen molar-refractivity contribution in [2.24, 2.45) is 5.73 Å². The van der Waals surface area contributed by atoms with E-state index in [1.807, 2.05) is 83.1 Å². The van der Waals surface area contributed by atoms with E-state index in [4.69, 9.17) is 17.3 Å². The molecule has 1 aliphatic heterocycles. The standard InChI is InChI=1S/C31H44ClN5O2/c1-3-35(4-2)31(39)37(27-8-6-5-7-9-27)28-18-20-36(21-19-28)30(38)29(22-23-10-12-24(32)13-11-23)34-26-16-14-25(33)15-17-26/h5-13,25-26,28-29,34H,3-4,14-22,33H2,1-2H3/t25?,26?,29-/m1/s1. The normalized spacial score (nSPS) is 20.9. The molecule has 2 aliphatic rings. The van der Waals surface area contributed by atoms with E-state index < -0.39 is 0 Å². The summed E-state index contributed by atoms with van der Waals surface area (Å²) in [5.41, 5.74) is 8.14. The van der Waals surface area contributed by atoms with Crippen molar-refractivity contribution in [1.82, 2.24) is 15.1 Å².